The lowest BCUT2D eigenvalue weighted by Gasteiger charge is -2.05. The SMILES string of the molecule is CCN=C=NCCCN(C)C.Cl.OCCO. The number of aliphatic hydroxyl groups excluding tert-OH is 2. The number of rotatable bonds is 6. The summed E-state index contributed by atoms with van der Waals surface area (Å²) in [6.45, 7) is 4.42. The summed E-state index contributed by atoms with van der Waals surface area (Å²) in [5.74, 6) is 0. The second-order valence-corrected chi connectivity index (χ2v) is 3.06. The summed E-state index contributed by atoms with van der Waals surface area (Å²) < 4.78 is 0. The molecule has 2 N–H and O–H groups in total. The van der Waals surface area contributed by atoms with E-state index in [-0.39, 0.29) is 25.6 Å². The van der Waals surface area contributed by atoms with E-state index in [9.17, 15) is 0 Å². The highest BCUT2D eigenvalue weighted by Gasteiger charge is 1.86. The quantitative estimate of drug-likeness (QED) is 0.536. The van der Waals surface area contributed by atoms with E-state index >= 15 is 0 Å². The highest BCUT2D eigenvalue weighted by atomic mass is 35.5. The van der Waals surface area contributed by atoms with Crippen molar-refractivity contribution < 1.29 is 10.2 Å². The maximum Gasteiger partial charge on any atom is 0.0892 e. The molecule has 0 atom stereocenters. The number of halogens is 1. The Kier molecular flexibility index (Phi) is 26.2. The third-order valence-electron chi connectivity index (χ3n) is 1.27. The van der Waals surface area contributed by atoms with Crippen molar-refractivity contribution >= 4 is 18.4 Å². The normalized spacial score (nSPS) is 8.38. The molecule has 0 aliphatic carbocycles. The molecule has 0 aromatic carbocycles. The van der Waals surface area contributed by atoms with Crippen LogP contribution in [0.5, 0.6) is 0 Å². The molecule has 0 unspecified atom stereocenters. The molecule has 0 saturated heterocycles. The van der Waals surface area contributed by atoms with Crippen molar-refractivity contribution in [1.29, 1.82) is 0 Å². The first kappa shape index (κ1) is 20.9. The van der Waals surface area contributed by atoms with E-state index in [2.05, 4.69) is 35.0 Å². The van der Waals surface area contributed by atoms with E-state index in [1.807, 2.05) is 6.92 Å². The zero-order valence-corrected chi connectivity index (χ0v) is 11.2. The van der Waals surface area contributed by atoms with Crippen molar-refractivity contribution in [1.82, 2.24) is 4.90 Å². The molecule has 0 fully saturated rings. The van der Waals surface area contributed by atoms with Gasteiger partial charge in [-0.2, -0.15) is 0 Å². The summed E-state index contributed by atoms with van der Waals surface area (Å²) in [5.41, 5.74) is 0. The third kappa shape index (κ3) is 29.2. The molecule has 0 spiro atoms. The molecule has 6 heteroatoms. The molecule has 0 aromatic rings. The van der Waals surface area contributed by atoms with Crippen LogP contribution in [0.25, 0.3) is 0 Å². The molecule has 0 rings (SSSR count). The Balaban J connectivity index is -0.000000292. The fourth-order valence-electron chi connectivity index (χ4n) is 0.637. The molecule has 0 radical (unpaired) electrons. The van der Waals surface area contributed by atoms with Crippen LogP contribution in [-0.4, -0.2) is 68.1 Å². The molecule has 98 valence electrons. The average molecular weight is 254 g/mol. The van der Waals surface area contributed by atoms with Gasteiger partial charge in [0.05, 0.1) is 25.8 Å². The van der Waals surface area contributed by atoms with E-state index in [0.29, 0.717) is 0 Å². The van der Waals surface area contributed by atoms with E-state index in [0.717, 1.165) is 26.1 Å². The number of hydrogen-bond acceptors (Lipinski definition) is 5. The van der Waals surface area contributed by atoms with Crippen LogP contribution in [0.15, 0.2) is 9.98 Å². The first-order valence-corrected chi connectivity index (χ1v) is 5.13. The fraction of sp³-hybridized carbons (Fsp3) is 0.900. The second kappa shape index (κ2) is 20.0. The average Bonchev–Trinajstić information content (AvgIpc) is 2.23. The van der Waals surface area contributed by atoms with Gasteiger partial charge in [-0.1, -0.05) is 0 Å². The summed E-state index contributed by atoms with van der Waals surface area (Å²) in [5, 5.41) is 15.2. The van der Waals surface area contributed by atoms with E-state index in [1.54, 1.807) is 0 Å². The molecule has 0 aromatic heterocycles. The highest BCUT2D eigenvalue weighted by molar-refractivity contribution is 5.85. The molecule has 5 nitrogen and oxygen atoms in total. The molecule has 16 heavy (non-hydrogen) atoms. The van der Waals surface area contributed by atoms with Gasteiger partial charge in [-0.3, -0.25) is 0 Å². The van der Waals surface area contributed by atoms with Crippen LogP contribution < -0.4 is 0 Å². The lowest BCUT2D eigenvalue weighted by atomic mass is 10.4. The number of aliphatic hydroxyl groups is 2. The van der Waals surface area contributed by atoms with E-state index in [1.165, 1.54) is 0 Å². The lowest BCUT2D eigenvalue weighted by molar-refractivity contribution is 0.186. The minimum Gasteiger partial charge on any atom is -0.394 e. The minimum atomic E-state index is -0.125. The zero-order chi connectivity index (χ0) is 11.9. The predicted molar refractivity (Wildman–Crippen MR) is 69.9 cm³/mol. The van der Waals surface area contributed by atoms with Crippen molar-refractivity contribution in [2.75, 3.05) is 46.9 Å². The van der Waals surface area contributed by atoms with Crippen LogP contribution in [0.4, 0.5) is 0 Å². The van der Waals surface area contributed by atoms with Gasteiger partial charge in [0, 0.05) is 6.54 Å². The van der Waals surface area contributed by atoms with Crippen molar-refractivity contribution in [3.05, 3.63) is 0 Å². The largest absolute Gasteiger partial charge is 0.394 e. The second-order valence-electron chi connectivity index (χ2n) is 3.06. The maximum absolute atomic E-state index is 7.62. The molecule has 0 bridgehead atoms. The Morgan fingerprint density at radius 1 is 1.12 bits per heavy atom. The van der Waals surface area contributed by atoms with Crippen LogP contribution in [0.1, 0.15) is 13.3 Å². The topological polar surface area (TPSA) is 68.4 Å². The van der Waals surface area contributed by atoms with Crippen LogP contribution in [0, 0.1) is 0 Å². The number of hydrogen-bond donors (Lipinski definition) is 2. The summed E-state index contributed by atoms with van der Waals surface area (Å²) in [7, 11) is 4.12. The van der Waals surface area contributed by atoms with Crippen molar-refractivity contribution in [2.45, 2.75) is 13.3 Å². The Labute approximate surface area is 104 Å². The van der Waals surface area contributed by atoms with Gasteiger partial charge in [0.2, 0.25) is 0 Å². The third-order valence-corrected chi connectivity index (χ3v) is 1.27. The zero-order valence-electron chi connectivity index (χ0n) is 10.4. The molecule has 0 saturated carbocycles. The minimum absolute atomic E-state index is 0. The van der Waals surface area contributed by atoms with E-state index < -0.39 is 0 Å². The van der Waals surface area contributed by atoms with Crippen LogP contribution >= 0.6 is 12.4 Å². The molecule has 0 aliphatic rings. The monoisotopic (exact) mass is 253 g/mol. The van der Waals surface area contributed by atoms with Gasteiger partial charge in [-0.05, 0) is 34.0 Å². The summed E-state index contributed by atoms with van der Waals surface area (Å²) in [6, 6.07) is 2.64. The smallest absolute Gasteiger partial charge is 0.0892 e. The summed E-state index contributed by atoms with van der Waals surface area (Å²) in [4.78, 5) is 9.99. The standard InChI is InChI=1S/C8H17N3.C2H6O2.ClH/c1-4-9-8-10-6-5-7-11(2)3;3-1-2-4;/h4-7H2,1-3H3;3-4H,1-2H2;1H. The predicted octanol–water partition coefficient (Wildman–Crippen LogP) is 0.525. The number of nitrogens with zero attached hydrogens (tertiary/aromatic N) is 3. The van der Waals surface area contributed by atoms with Gasteiger partial charge in [0.15, 0.2) is 0 Å². The molecule has 0 heterocycles. The van der Waals surface area contributed by atoms with Crippen molar-refractivity contribution in [3.8, 4) is 0 Å². The van der Waals surface area contributed by atoms with Crippen molar-refractivity contribution in [2.24, 2.45) is 9.98 Å². The fourth-order valence-corrected chi connectivity index (χ4v) is 0.637. The summed E-state index contributed by atoms with van der Waals surface area (Å²) >= 11 is 0. The maximum atomic E-state index is 7.62. The van der Waals surface area contributed by atoms with Gasteiger partial charge < -0.3 is 15.1 Å². The van der Waals surface area contributed by atoms with Crippen LogP contribution in [0.2, 0.25) is 0 Å². The molecule has 0 amide bonds. The van der Waals surface area contributed by atoms with Gasteiger partial charge in [0.25, 0.3) is 0 Å². The first-order chi connectivity index (χ1) is 7.18. The van der Waals surface area contributed by atoms with Gasteiger partial charge in [0.1, 0.15) is 0 Å². The van der Waals surface area contributed by atoms with Crippen LogP contribution in [-0.2, 0) is 0 Å². The van der Waals surface area contributed by atoms with Gasteiger partial charge in [-0.25, -0.2) is 9.98 Å². The van der Waals surface area contributed by atoms with E-state index in [4.69, 9.17) is 10.2 Å². The number of aliphatic imine (C=N–C) groups is 2. The lowest BCUT2D eigenvalue weighted by Crippen LogP contribution is -2.13. The molecular formula is C10H24ClN3O2. The van der Waals surface area contributed by atoms with Crippen LogP contribution in [0.3, 0.4) is 0 Å². The molecular weight excluding hydrogens is 230 g/mol. The summed E-state index contributed by atoms with van der Waals surface area (Å²) in [6.07, 6.45) is 1.08. The van der Waals surface area contributed by atoms with Crippen molar-refractivity contribution in [3.63, 3.8) is 0 Å². The Morgan fingerprint density at radius 2 is 1.69 bits per heavy atom. The van der Waals surface area contributed by atoms with Gasteiger partial charge >= 0.3 is 0 Å². The first-order valence-electron chi connectivity index (χ1n) is 5.13. The molecule has 0 aliphatic heterocycles. The Morgan fingerprint density at radius 3 is 2.06 bits per heavy atom. The Hall–Kier alpha value is -0.450. The Bertz CT molecular complexity index is 169. The van der Waals surface area contributed by atoms with Gasteiger partial charge in [-0.15, -0.1) is 12.4 Å². The highest BCUT2D eigenvalue weighted by Crippen LogP contribution is 1.82.